The van der Waals surface area contributed by atoms with E-state index in [1.54, 1.807) is 0 Å². The number of nitrogens with zero attached hydrogens (tertiary/aromatic N) is 2. The number of carbonyl (C=O) groups excluding carboxylic acids is 1. The number of likely N-dealkylation sites (tertiary alicyclic amines) is 1. The lowest BCUT2D eigenvalue weighted by molar-refractivity contribution is -0.119. The Morgan fingerprint density at radius 1 is 1.45 bits per heavy atom. The Hall–Kier alpha value is -0.530. The van der Waals surface area contributed by atoms with E-state index in [1.165, 1.54) is 19.3 Å². The molecule has 3 N–H and O–H groups in total. The third kappa shape index (κ3) is 7.31. The van der Waals surface area contributed by atoms with E-state index in [0.29, 0.717) is 12.3 Å². The van der Waals surface area contributed by atoms with E-state index in [-0.39, 0.29) is 29.9 Å². The van der Waals surface area contributed by atoms with Crippen LogP contribution in [-0.4, -0.2) is 43.4 Å². The van der Waals surface area contributed by atoms with Crippen molar-refractivity contribution in [3.63, 3.8) is 0 Å². The highest BCUT2D eigenvalue weighted by atomic mass is 127. The minimum Gasteiger partial charge on any atom is -0.370 e. The van der Waals surface area contributed by atoms with Gasteiger partial charge in [-0.25, -0.2) is 0 Å². The smallest absolute Gasteiger partial charge is 0.217 e. The van der Waals surface area contributed by atoms with Gasteiger partial charge in [-0.15, -0.1) is 24.0 Å². The second-order valence-corrected chi connectivity index (χ2v) is 5.31. The van der Waals surface area contributed by atoms with E-state index in [0.717, 1.165) is 38.4 Å². The molecule has 0 bridgehead atoms. The predicted molar refractivity (Wildman–Crippen MR) is 94.4 cm³/mol. The summed E-state index contributed by atoms with van der Waals surface area (Å²) >= 11 is 0. The molecular formula is C14H29IN4O. The van der Waals surface area contributed by atoms with Crippen LogP contribution in [0.3, 0.4) is 0 Å². The predicted octanol–water partition coefficient (Wildman–Crippen LogP) is 1.96. The number of hydrogen-bond acceptors (Lipinski definition) is 2. The summed E-state index contributed by atoms with van der Waals surface area (Å²) in [4.78, 5) is 17.6. The fourth-order valence-electron chi connectivity index (χ4n) is 2.62. The van der Waals surface area contributed by atoms with Crippen LogP contribution in [0.1, 0.15) is 45.4 Å². The van der Waals surface area contributed by atoms with Crippen molar-refractivity contribution >= 4 is 35.8 Å². The van der Waals surface area contributed by atoms with E-state index >= 15 is 0 Å². The van der Waals surface area contributed by atoms with Crippen molar-refractivity contribution in [3.05, 3.63) is 0 Å². The van der Waals surface area contributed by atoms with Crippen molar-refractivity contribution in [1.82, 2.24) is 10.2 Å². The van der Waals surface area contributed by atoms with Gasteiger partial charge in [-0.2, -0.15) is 0 Å². The van der Waals surface area contributed by atoms with Gasteiger partial charge >= 0.3 is 0 Å². The molecule has 1 heterocycles. The van der Waals surface area contributed by atoms with Gasteiger partial charge in [0.15, 0.2) is 5.96 Å². The van der Waals surface area contributed by atoms with Crippen LogP contribution in [0.15, 0.2) is 4.99 Å². The Labute approximate surface area is 139 Å². The number of primary amides is 1. The van der Waals surface area contributed by atoms with Gasteiger partial charge in [0, 0.05) is 33.1 Å². The number of rotatable bonds is 6. The zero-order chi connectivity index (χ0) is 14.1. The lowest BCUT2D eigenvalue weighted by atomic mass is 9.95. The van der Waals surface area contributed by atoms with Crippen LogP contribution in [0.2, 0.25) is 0 Å². The first-order valence-electron chi connectivity index (χ1n) is 7.41. The lowest BCUT2D eigenvalue weighted by Gasteiger charge is -2.34. The minimum absolute atomic E-state index is 0. The number of nitrogens with one attached hydrogen (secondary N) is 1. The largest absolute Gasteiger partial charge is 0.370 e. The molecule has 1 saturated heterocycles. The molecule has 1 rings (SSSR count). The first kappa shape index (κ1) is 19.5. The molecule has 0 saturated carbocycles. The van der Waals surface area contributed by atoms with E-state index < -0.39 is 0 Å². The topological polar surface area (TPSA) is 70.7 Å². The molecule has 0 aliphatic carbocycles. The van der Waals surface area contributed by atoms with Crippen molar-refractivity contribution in [1.29, 1.82) is 0 Å². The molecule has 0 radical (unpaired) electrons. The van der Waals surface area contributed by atoms with Crippen LogP contribution in [-0.2, 0) is 4.79 Å². The molecule has 118 valence electrons. The highest BCUT2D eigenvalue weighted by molar-refractivity contribution is 14.0. The Bertz CT molecular complexity index is 310. The first-order chi connectivity index (χ1) is 9.17. The number of piperidine rings is 1. The van der Waals surface area contributed by atoms with Crippen molar-refractivity contribution in [2.45, 2.75) is 45.4 Å². The summed E-state index contributed by atoms with van der Waals surface area (Å²) in [6, 6.07) is 0. The summed E-state index contributed by atoms with van der Waals surface area (Å²) in [5, 5.41) is 3.41. The maximum atomic E-state index is 11.0. The highest BCUT2D eigenvalue weighted by Gasteiger charge is 2.23. The van der Waals surface area contributed by atoms with Gasteiger partial charge in [-0.3, -0.25) is 9.79 Å². The quantitative estimate of drug-likeness (QED) is 0.312. The molecule has 1 amide bonds. The van der Waals surface area contributed by atoms with Gasteiger partial charge in [0.25, 0.3) is 0 Å². The molecule has 1 fully saturated rings. The molecule has 0 aromatic heterocycles. The van der Waals surface area contributed by atoms with E-state index in [1.807, 2.05) is 7.05 Å². The summed E-state index contributed by atoms with van der Waals surface area (Å²) in [7, 11) is 1.82. The summed E-state index contributed by atoms with van der Waals surface area (Å²) in [6.45, 7) is 5.07. The average molecular weight is 396 g/mol. The van der Waals surface area contributed by atoms with Gasteiger partial charge in [0.2, 0.25) is 5.91 Å². The van der Waals surface area contributed by atoms with Crippen molar-refractivity contribution < 1.29 is 4.79 Å². The minimum atomic E-state index is -0.197. The van der Waals surface area contributed by atoms with Crippen LogP contribution in [0.25, 0.3) is 0 Å². The molecule has 1 aliphatic heterocycles. The van der Waals surface area contributed by atoms with Crippen molar-refractivity contribution in [2.75, 3.05) is 26.7 Å². The van der Waals surface area contributed by atoms with Gasteiger partial charge < -0.3 is 16.0 Å². The van der Waals surface area contributed by atoms with Crippen LogP contribution in [0.4, 0.5) is 0 Å². The zero-order valence-corrected chi connectivity index (χ0v) is 15.1. The third-order valence-electron chi connectivity index (χ3n) is 3.58. The van der Waals surface area contributed by atoms with Crippen LogP contribution < -0.4 is 11.1 Å². The number of unbranched alkanes of at least 4 members (excludes halogenated alkanes) is 2. The third-order valence-corrected chi connectivity index (χ3v) is 3.58. The van der Waals surface area contributed by atoms with Gasteiger partial charge in [0.05, 0.1) is 0 Å². The summed E-state index contributed by atoms with van der Waals surface area (Å²) in [6.07, 6.45) is 6.33. The standard InChI is InChI=1S/C14H28N4O.HI/c1-3-4-5-8-17-14(16-2)18-9-6-7-12(11-18)10-13(15)19;/h12H,3-11H2,1-2H3,(H2,15,19)(H,16,17);1H. The monoisotopic (exact) mass is 396 g/mol. The first-order valence-corrected chi connectivity index (χ1v) is 7.41. The Morgan fingerprint density at radius 2 is 2.20 bits per heavy atom. The molecule has 5 nitrogen and oxygen atoms in total. The van der Waals surface area contributed by atoms with E-state index in [9.17, 15) is 4.79 Å². The van der Waals surface area contributed by atoms with E-state index in [4.69, 9.17) is 5.73 Å². The number of amides is 1. The van der Waals surface area contributed by atoms with Gasteiger partial charge in [-0.05, 0) is 25.2 Å². The SMILES string of the molecule is CCCCCNC(=NC)N1CCCC(CC(N)=O)C1.I. The van der Waals surface area contributed by atoms with Crippen molar-refractivity contribution in [3.8, 4) is 0 Å². The van der Waals surface area contributed by atoms with E-state index in [2.05, 4.69) is 22.1 Å². The Morgan fingerprint density at radius 3 is 2.80 bits per heavy atom. The molecule has 20 heavy (non-hydrogen) atoms. The Balaban J connectivity index is 0.00000361. The van der Waals surface area contributed by atoms with Crippen LogP contribution >= 0.6 is 24.0 Å². The van der Waals surface area contributed by atoms with Crippen LogP contribution in [0.5, 0.6) is 0 Å². The second-order valence-electron chi connectivity index (χ2n) is 5.31. The summed E-state index contributed by atoms with van der Waals surface area (Å²) < 4.78 is 0. The second kappa shape index (κ2) is 11.2. The zero-order valence-electron chi connectivity index (χ0n) is 12.7. The Kier molecular flexibility index (Phi) is 10.9. The molecule has 0 aromatic rings. The molecule has 6 heteroatoms. The molecular weight excluding hydrogens is 367 g/mol. The number of carbonyl (C=O) groups is 1. The maximum Gasteiger partial charge on any atom is 0.217 e. The summed E-state index contributed by atoms with van der Waals surface area (Å²) in [5.74, 6) is 1.14. The molecule has 0 aromatic carbocycles. The van der Waals surface area contributed by atoms with Gasteiger partial charge in [0.1, 0.15) is 0 Å². The fraction of sp³-hybridized carbons (Fsp3) is 0.857. The number of aliphatic imine (C=N–C) groups is 1. The van der Waals surface area contributed by atoms with Gasteiger partial charge in [-0.1, -0.05) is 19.8 Å². The molecule has 0 spiro atoms. The fourth-order valence-corrected chi connectivity index (χ4v) is 2.62. The molecule has 1 aliphatic rings. The number of guanidine groups is 1. The number of nitrogens with two attached hydrogens (primary N) is 1. The number of halogens is 1. The number of hydrogen-bond donors (Lipinski definition) is 2. The van der Waals surface area contributed by atoms with Crippen molar-refractivity contribution in [2.24, 2.45) is 16.6 Å². The lowest BCUT2D eigenvalue weighted by Crippen LogP contribution is -2.47. The normalized spacial score (nSPS) is 19.4. The van der Waals surface area contributed by atoms with Crippen LogP contribution in [0, 0.1) is 5.92 Å². The maximum absolute atomic E-state index is 11.0. The molecule has 1 atom stereocenters. The molecule has 1 unspecified atom stereocenters. The average Bonchev–Trinajstić information content (AvgIpc) is 2.38. The highest BCUT2D eigenvalue weighted by Crippen LogP contribution is 2.19. The summed E-state index contributed by atoms with van der Waals surface area (Å²) in [5.41, 5.74) is 5.29.